The summed E-state index contributed by atoms with van der Waals surface area (Å²) in [5, 5.41) is 14.5. The zero-order chi connectivity index (χ0) is 22.2. The van der Waals surface area contributed by atoms with Gasteiger partial charge in [0.05, 0.1) is 30.0 Å². The molecule has 5 rings (SSSR count). The first-order valence-corrected chi connectivity index (χ1v) is 10.6. The molecule has 2 aliphatic heterocycles. The number of hydrogen-bond donors (Lipinski definition) is 1. The summed E-state index contributed by atoms with van der Waals surface area (Å²) in [6, 6.07) is 11.0. The van der Waals surface area contributed by atoms with Crippen molar-refractivity contribution in [1.29, 1.82) is 0 Å². The monoisotopic (exact) mass is 437 g/mol. The van der Waals surface area contributed by atoms with Gasteiger partial charge in [0.2, 0.25) is 0 Å². The predicted molar refractivity (Wildman–Crippen MR) is 114 cm³/mol. The number of aromatic nitrogens is 2. The molecule has 0 radical (unpaired) electrons. The molecular weight excluding hydrogens is 413 g/mol. The Morgan fingerprint density at radius 2 is 2.09 bits per heavy atom. The molecular formula is C24H24FN3O4. The molecule has 1 amide bonds. The van der Waals surface area contributed by atoms with Crippen molar-refractivity contribution >= 4 is 5.91 Å². The molecule has 3 aromatic rings. The van der Waals surface area contributed by atoms with Crippen LogP contribution in [0.2, 0.25) is 0 Å². The number of hydrogen-bond acceptors (Lipinski definition) is 5. The number of fused-ring (bicyclic) bond motifs is 1. The minimum atomic E-state index is -0.791. The number of aliphatic hydroxyl groups is 1. The van der Waals surface area contributed by atoms with Crippen molar-refractivity contribution in [1.82, 2.24) is 14.7 Å². The van der Waals surface area contributed by atoms with Crippen LogP contribution < -0.4 is 4.74 Å². The van der Waals surface area contributed by atoms with Crippen molar-refractivity contribution in [3.05, 3.63) is 76.9 Å². The Balaban J connectivity index is 1.43. The molecule has 1 fully saturated rings. The summed E-state index contributed by atoms with van der Waals surface area (Å²) < 4.78 is 27.8. The molecule has 0 bridgehead atoms. The van der Waals surface area contributed by atoms with E-state index in [9.17, 15) is 9.90 Å². The summed E-state index contributed by atoms with van der Waals surface area (Å²) in [6.45, 7) is 2.24. The number of nitrogens with zero attached hydrogens (tertiary/aromatic N) is 3. The van der Waals surface area contributed by atoms with Crippen LogP contribution in [0.15, 0.2) is 48.8 Å². The van der Waals surface area contributed by atoms with Crippen LogP contribution in [0.1, 0.15) is 33.5 Å². The number of benzene rings is 2. The van der Waals surface area contributed by atoms with Gasteiger partial charge in [-0.15, -0.1) is 0 Å². The van der Waals surface area contributed by atoms with Gasteiger partial charge in [0.15, 0.2) is 18.3 Å². The minimum absolute atomic E-state index is 0.0110. The molecule has 0 spiro atoms. The number of carbonyl (C=O) groups excluding carboxylic acids is 1. The summed E-state index contributed by atoms with van der Waals surface area (Å²) in [5.74, 6) is -0.847. The first kappa shape index (κ1) is 20.7. The molecule has 1 saturated heterocycles. The quantitative estimate of drug-likeness (QED) is 0.679. The number of amides is 1. The first-order chi connectivity index (χ1) is 15.5. The van der Waals surface area contributed by atoms with Gasteiger partial charge in [0.25, 0.3) is 5.91 Å². The van der Waals surface area contributed by atoms with E-state index in [2.05, 4.69) is 5.10 Å². The molecule has 2 aromatic carbocycles. The van der Waals surface area contributed by atoms with Crippen LogP contribution in [-0.2, 0) is 11.2 Å². The molecule has 1 aromatic heterocycles. The summed E-state index contributed by atoms with van der Waals surface area (Å²) >= 11 is 0. The lowest BCUT2D eigenvalue weighted by Gasteiger charge is -2.39. The van der Waals surface area contributed by atoms with E-state index in [1.807, 2.05) is 36.5 Å². The van der Waals surface area contributed by atoms with Crippen molar-refractivity contribution in [3.8, 4) is 11.4 Å². The third-order valence-corrected chi connectivity index (χ3v) is 6.20. The van der Waals surface area contributed by atoms with Gasteiger partial charge >= 0.3 is 0 Å². The molecule has 0 unspecified atom stereocenters. The number of rotatable bonds is 4. The first-order valence-electron chi connectivity index (χ1n) is 10.6. The Labute approximate surface area is 185 Å². The SMILES string of the molecule is Cc1c(Cc2ccc(-n3cccn3)cc2)cc2c(c1F)OCN([C@H]1CCOC[C@@H]1O)C2=O. The van der Waals surface area contributed by atoms with E-state index in [0.29, 0.717) is 25.0 Å². The highest BCUT2D eigenvalue weighted by atomic mass is 19.1. The zero-order valence-electron chi connectivity index (χ0n) is 17.7. The molecule has 32 heavy (non-hydrogen) atoms. The summed E-state index contributed by atoms with van der Waals surface area (Å²) in [7, 11) is 0. The van der Waals surface area contributed by atoms with E-state index >= 15 is 4.39 Å². The smallest absolute Gasteiger partial charge is 0.260 e. The van der Waals surface area contributed by atoms with E-state index in [1.54, 1.807) is 23.9 Å². The number of carbonyl (C=O) groups is 1. The Hall–Kier alpha value is -3.23. The molecule has 2 atom stereocenters. The molecule has 0 saturated carbocycles. The second-order valence-corrected chi connectivity index (χ2v) is 8.19. The van der Waals surface area contributed by atoms with Gasteiger partial charge in [-0.2, -0.15) is 5.10 Å². The van der Waals surface area contributed by atoms with Crippen molar-refractivity contribution < 1.29 is 23.8 Å². The Kier molecular flexibility index (Phi) is 5.40. The van der Waals surface area contributed by atoms with Gasteiger partial charge in [-0.05, 0) is 60.7 Å². The highest BCUT2D eigenvalue weighted by Gasteiger charge is 2.38. The second kappa shape index (κ2) is 8.37. The average Bonchev–Trinajstić information content (AvgIpc) is 3.34. The van der Waals surface area contributed by atoms with Crippen LogP contribution in [0.25, 0.3) is 5.69 Å². The van der Waals surface area contributed by atoms with Crippen molar-refractivity contribution in [3.63, 3.8) is 0 Å². The van der Waals surface area contributed by atoms with Gasteiger partial charge in [0, 0.05) is 19.0 Å². The Morgan fingerprint density at radius 3 is 2.81 bits per heavy atom. The third-order valence-electron chi connectivity index (χ3n) is 6.20. The van der Waals surface area contributed by atoms with Crippen molar-refractivity contribution in [2.24, 2.45) is 0 Å². The van der Waals surface area contributed by atoms with Crippen molar-refractivity contribution in [2.75, 3.05) is 19.9 Å². The fourth-order valence-corrected chi connectivity index (χ4v) is 4.34. The lowest BCUT2D eigenvalue weighted by atomic mass is 9.95. The highest BCUT2D eigenvalue weighted by molar-refractivity contribution is 5.98. The Bertz CT molecular complexity index is 1130. The highest BCUT2D eigenvalue weighted by Crippen LogP contribution is 2.35. The lowest BCUT2D eigenvalue weighted by molar-refractivity contribution is -0.0717. The van der Waals surface area contributed by atoms with Gasteiger partial charge in [-0.3, -0.25) is 9.69 Å². The van der Waals surface area contributed by atoms with Crippen LogP contribution in [-0.4, -0.2) is 57.8 Å². The van der Waals surface area contributed by atoms with E-state index < -0.39 is 18.0 Å². The summed E-state index contributed by atoms with van der Waals surface area (Å²) in [6.07, 6.45) is 3.78. The van der Waals surface area contributed by atoms with Crippen molar-refractivity contribution in [2.45, 2.75) is 31.9 Å². The van der Waals surface area contributed by atoms with Crippen LogP contribution in [0.4, 0.5) is 4.39 Å². The van der Waals surface area contributed by atoms with E-state index in [-0.39, 0.29) is 30.6 Å². The maximum absolute atomic E-state index is 15.1. The van der Waals surface area contributed by atoms with Crippen LogP contribution in [0.3, 0.4) is 0 Å². The standard InChI is InChI=1S/C24H24FN3O4/c1-15-17(11-16-3-5-18(6-4-16)28-9-2-8-26-28)12-19-23(22(15)25)32-14-27(24(19)30)20-7-10-31-13-21(20)29/h2-6,8-9,12,20-21,29H,7,10-11,13-14H2,1H3/t20-,21-/m0/s1. The van der Waals surface area contributed by atoms with E-state index in [4.69, 9.17) is 9.47 Å². The topological polar surface area (TPSA) is 76.8 Å². The van der Waals surface area contributed by atoms with Gasteiger partial charge < -0.3 is 14.6 Å². The number of aliphatic hydroxyl groups excluding tert-OH is 1. The number of halogens is 1. The van der Waals surface area contributed by atoms with Crippen LogP contribution in [0, 0.1) is 12.7 Å². The molecule has 7 nitrogen and oxygen atoms in total. The number of ether oxygens (including phenoxy) is 2. The predicted octanol–water partition coefficient (Wildman–Crippen LogP) is 2.85. The van der Waals surface area contributed by atoms with E-state index in [1.165, 1.54) is 4.90 Å². The fourth-order valence-electron chi connectivity index (χ4n) is 4.34. The molecule has 166 valence electrons. The fraction of sp³-hybridized carbons (Fsp3) is 0.333. The maximum Gasteiger partial charge on any atom is 0.260 e. The normalized spacial score (nSPS) is 20.7. The third kappa shape index (κ3) is 3.65. The molecule has 2 aliphatic rings. The van der Waals surface area contributed by atoms with Gasteiger partial charge in [-0.1, -0.05) is 12.1 Å². The molecule has 3 heterocycles. The summed E-state index contributed by atoms with van der Waals surface area (Å²) in [4.78, 5) is 14.7. The largest absolute Gasteiger partial charge is 0.469 e. The average molecular weight is 437 g/mol. The van der Waals surface area contributed by atoms with Gasteiger partial charge in [-0.25, -0.2) is 9.07 Å². The molecule has 1 N–H and O–H groups in total. The van der Waals surface area contributed by atoms with Crippen LogP contribution in [0.5, 0.6) is 5.75 Å². The maximum atomic E-state index is 15.1. The van der Waals surface area contributed by atoms with Gasteiger partial charge in [0.1, 0.15) is 0 Å². The molecule has 8 heteroatoms. The van der Waals surface area contributed by atoms with Crippen LogP contribution >= 0.6 is 0 Å². The minimum Gasteiger partial charge on any atom is -0.469 e. The zero-order valence-corrected chi connectivity index (χ0v) is 17.7. The lowest BCUT2D eigenvalue weighted by Crippen LogP contribution is -2.54. The molecule has 0 aliphatic carbocycles. The Morgan fingerprint density at radius 1 is 1.28 bits per heavy atom. The van der Waals surface area contributed by atoms with E-state index in [0.717, 1.165) is 16.8 Å². The second-order valence-electron chi connectivity index (χ2n) is 8.19. The summed E-state index contributed by atoms with van der Waals surface area (Å²) in [5.41, 5.74) is 3.30.